The van der Waals surface area contributed by atoms with Crippen LogP contribution in [0.25, 0.3) is 10.9 Å². The maximum absolute atomic E-state index is 13.5. The maximum atomic E-state index is 13.5. The smallest absolute Gasteiger partial charge is 0.332 e. The van der Waals surface area contributed by atoms with Crippen molar-refractivity contribution in [2.75, 3.05) is 25.8 Å². The molecule has 0 aliphatic heterocycles. The minimum absolute atomic E-state index is 0.193. The second kappa shape index (κ2) is 12.4. The highest BCUT2D eigenvalue weighted by Gasteiger charge is 2.22. The molecule has 4 aromatic rings. The minimum Gasteiger partial charge on any atom is -0.495 e. The van der Waals surface area contributed by atoms with Crippen LogP contribution in [-0.2, 0) is 33.9 Å². The van der Waals surface area contributed by atoms with Gasteiger partial charge in [-0.25, -0.2) is 4.79 Å². The molecule has 0 aliphatic rings. The molecule has 4 rings (SSSR count). The lowest BCUT2D eigenvalue weighted by atomic mass is 10.1. The topological polar surface area (TPSA) is 112 Å². The van der Waals surface area contributed by atoms with Crippen molar-refractivity contribution in [1.82, 2.24) is 14.5 Å². The number of amides is 2. The Labute approximate surface area is 228 Å². The van der Waals surface area contributed by atoms with Crippen molar-refractivity contribution in [3.05, 3.63) is 104 Å². The van der Waals surface area contributed by atoms with Crippen molar-refractivity contribution in [3.8, 4) is 5.75 Å². The number of nitrogens with one attached hydrogen (secondary N) is 1. The first kappa shape index (κ1) is 27.6. The fourth-order valence-corrected chi connectivity index (χ4v) is 4.44. The first-order chi connectivity index (χ1) is 18.8. The van der Waals surface area contributed by atoms with Gasteiger partial charge in [-0.1, -0.05) is 54.1 Å². The van der Waals surface area contributed by atoms with Gasteiger partial charge in [0.25, 0.3) is 11.5 Å². The molecule has 202 valence electrons. The quantitative estimate of drug-likeness (QED) is 0.304. The first-order valence-corrected chi connectivity index (χ1v) is 12.5. The second-order valence-corrected chi connectivity index (χ2v) is 8.96. The van der Waals surface area contributed by atoms with E-state index in [1.165, 1.54) is 20.3 Å². The molecule has 0 spiro atoms. The van der Waals surface area contributed by atoms with Gasteiger partial charge in [0.05, 0.1) is 35.8 Å². The Morgan fingerprint density at radius 2 is 1.64 bits per heavy atom. The van der Waals surface area contributed by atoms with Crippen molar-refractivity contribution >= 4 is 40.0 Å². The number of hydroxylamine groups is 1. The van der Waals surface area contributed by atoms with Gasteiger partial charge in [-0.05, 0) is 42.3 Å². The largest absolute Gasteiger partial charge is 0.495 e. The van der Waals surface area contributed by atoms with E-state index >= 15 is 0 Å². The third-order valence-corrected chi connectivity index (χ3v) is 6.38. The zero-order valence-electron chi connectivity index (χ0n) is 21.4. The van der Waals surface area contributed by atoms with Crippen LogP contribution in [0.15, 0.2) is 82.4 Å². The van der Waals surface area contributed by atoms with Crippen LogP contribution >= 0.6 is 11.6 Å². The van der Waals surface area contributed by atoms with E-state index in [9.17, 15) is 19.2 Å². The third kappa shape index (κ3) is 6.19. The second-order valence-electron chi connectivity index (χ2n) is 8.55. The highest BCUT2D eigenvalue weighted by Crippen LogP contribution is 2.29. The molecule has 10 nitrogen and oxygen atoms in total. The number of para-hydroxylation sites is 1. The van der Waals surface area contributed by atoms with Crippen LogP contribution < -0.4 is 26.4 Å². The minimum atomic E-state index is -0.797. The molecule has 1 heterocycles. The number of methoxy groups -OCH3 is 1. The summed E-state index contributed by atoms with van der Waals surface area (Å²) in [5.41, 5.74) is 0.196. The van der Waals surface area contributed by atoms with Crippen LogP contribution in [0.2, 0.25) is 5.02 Å². The molecule has 3 aromatic carbocycles. The van der Waals surface area contributed by atoms with Crippen LogP contribution in [0, 0.1) is 0 Å². The molecule has 1 aromatic heterocycles. The van der Waals surface area contributed by atoms with E-state index in [1.807, 2.05) is 30.3 Å². The number of aromatic nitrogens is 2. The number of ether oxygens (including phenoxy) is 1. The SMILES string of the molecule is COc1ccc(N(OC)C(=O)Cn2c(=O)n(CC(=O)NCCc3ccccc3)c(=O)c3ccccc32)cc1Cl. The number of hydrogen-bond donors (Lipinski definition) is 1. The molecule has 0 aliphatic carbocycles. The van der Waals surface area contributed by atoms with Gasteiger partial charge in [-0.2, -0.15) is 5.06 Å². The number of halogens is 1. The number of rotatable bonds is 10. The number of carbonyl (C=O) groups is 2. The predicted octanol–water partition coefficient (Wildman–Crippen LogP) is 2.78. The maximum Gasteiger partial charge on any atom is 0.332 e. The van der Waals surface area contributed by atoms with E-state index in [1.54, 1.807) is 36.4 Å². The molecular formula is C28H27ClN4O6. The highest BCUT2D eigenvalue weighted by molar-refractivity contribution is 6.32. The normalized spacial score (nSPS) is 10.8. The van der Waals surface area contributed by atoms with E-state index in [-0.39, 0.29) is 15.9 Å². The van der Waals surface area contributed by atoms with Crippen LogP contribution in [0.1, 0.15) is 5.56 Å². The van der Waals surface area contributed by atoms with Crippen molar-refractivity contribution in [2.45, 2.75) is 19.5 Å². The van der Waals surface area contributed by atoms with Gasteiger partial charge >= 0.3 is 5.69 Å². The van der Waals surface area contributed by atoms with Crippen LogP contribution in [0.4, 0.5) is 5.69 Å². The Hall–Kier alpha value is -4.41. The summed E-state index contributed by atoms with van der Waals surface area (Å²) >= 11 is 6.21. The molecule has 0 radical (unpaired) electrons. The van der Waals surface area contributed by atoms with Crippen molar-refractivity contribution in [2.24, 2.45) is 0 Å². The van der Waals surface area contributed by atoms with Crippen LogP contribution in [-0.4, -0.2) is 41.7 Å². The van der Waals surface area contributed by atoms with Crippen molar-refractivity contribution in [3.63, 3.8) is 0 Å². The fourth-order valence-electron chi connectivity index (χ4n) is 4.19. The summed E-state index contributed by atoms with van der Waals surface area (Å²) in [6, 6.07) is 20.7. The molecule has 0 unspecified atom stereocenters. The summed E-state index contributed by atoms with van der Waals surface area (Å²) in [5.74, 6) is -0.687. The summed E-state index contributed by atoms with van der Waals surface area (Å²) in [4.78, 5) is 57.9. The number of anilines is 1. The van der Waals surface area contributed by atoms with Gasteiger partial charge < -0.3 is 10.1 Å². The number of nitrogens with zero attached hydrogens (tertiary/aromatic N) is 3. The summed E-state index contributed by atoms with van der Waals surface area (Å²) in [5, 5.41) is 4.18. The zero-order valence-corrected chi connectivity index (χ0v) is 22.2. The van der Waals surface area contributed by atoms with Crippen molar-refractivity contribution in [1.29, 1.82) is 0 Å². The van der Waals surface area contributed by atoms with Gasteiger partial charge in [0.2, 0.25) is 5.91 Å². The summed E-state index contributed by atoms with van der Waals surface area (Å²) in [6.07, 6.45) is 0.597. The number of carbonyl (C=O) groups excluding carboxylic acids is 2. The van der Waals surface area contributed by atoms with E-state index in [2.05, 4.69) is 5.32 Å². The lowest BCUT2D eigenvalue weighted by Crippen LogP contribution is -2.46. The monoisotopic (exact) mass is 550 g/mol. The van der Waals surface area contributed by atoms with Gasteiger partial charge in [0.1, 0.15) is 18.8 Å². The Balaban J connectivity index is 1.61. The number of hydrogen-bond acceptors (Lipinski definition) is 6. The molecule has 1 N–H and O–H groups in total. The van der Waals surface area contributed by atoms with E-state index in [4.69, 9.17) is 21.2 Å². The van der Waals surface area contributed by atoms with E-state index < -0.39 is 36.2 Å². The van der Waals surface area contributed by atoms with Crippen LogP contribution in [0.3, 0.4) is 0 Å². The Morgan fingerprint density at radius 3 is 2.33 bits per heavy atom. The third-order valence-electron chi connectivity index (χ3n) is 6.08. The number of fused-ring (bicyclic) bond motifs is 1. The Morgan fingerprint density at radius 1 is 0.923 bits per heavy atom. The number of benzene rings is 3. The Kier molecular flexibility index (Phi) is 8.80. The molecule has 0 saturated carbocycles. The molecule has 0 fully saturated rings. The van der Waals surface area contributed by atoms with Gasteiger partial charge in [-0.15, -0.1) is 0 Å². The predicted molar refractivity (Wildman–Crippen MR) is 148 cm³/mol. The molecule has 0 bridgehead atoms. The van der Waals surface area contributed by atoms with E-state index in [0.717, 1.165) is 19.8 Å². The summed E-state index contributed by atoms with van der Waals surface area (Å²) in [6.45, 7) is -0.620. The lowest BCUT2D eigenvalue weighted by molar-refractivity contribution is -0.125. The van der Waals surface area contributed by atoms with Crippen molar-refractivity contribution < 1.29 is 19.2 Å². The fraction of sp³-hybridized carbons (Fsp3) is 0.214. The molecule has 39 heavy (non-hydrogen) atoms. The molecule has 0 saturated heterocycles. The average molecular weight is 551 g/mol. The average Bonchev–Trinajstić information content (AvgIpc) is 2.94. The first-order valence-electron chi connectivity index (χ1n) is 12.1. The van der Waals surface area contributed by atoms with Gasteiger partial charge in [0, 0.05) is 6.54 Å². The molecule has 2 amide bonds. The highest BCUT2D eigenvalue weighted by atomic mass is 35.5. The Bertz CT molecular complexity index is 1620. The van der Waals surface area contributed by atoms with E-state index in [0.29, 0.717) is 24.4 Å². The van der Waals surface area contributed by atoms with Gasteiger partial charge in [0.15, 0.2) is 0 Å². The standard InChI is InChI=1S/C28H27ClN4O6/c1-38-24-13-12-20(16-22(24)29)33(39-2)26(35)18-31-23-11-7-6-10-21(23)27(36)32(28(31)37)17-25(34)30-15-14-19-8-4-3-5-9-19/h3-13,16H,14-15,17-18H2,1-2H3,(H,30,34). The summed E-state index contributed by atoms with van der Waals surface area (Å²) in [7, 11) is 2.77. The molecule has 0 atom stereocenters. The lowest BCUT2D eigenvalue weighted by Gasteiger charge is -2.22. The molecular weight excluding hydrogens is 524 g/mol. The van der Waals surface area contributed by atoms with Crippen LogP contribution in [0.5, 0.6) is 5.75 Å². The van der Waals surface area contributed by atoms with Gasteiger partial charge in [-0.3, -0.25) is 28.4 Å². The summed E-state index contributed by atoms with van der Waals surface area (Å²) < 4.78 is 7.12. The zero-order chi connectivity index (χ0) is 27.9. The molecule has 11 heteroatoms.